The molecule has 0 saturated heterocycles. The van der Waals surface area contributed by atoms with E-state index in [9.17, 15) is 4.79 Å². The topological polar surface area (TPSA) is 37.3 Å². The van der Waals surface area contributed by atoms with E-state index in [0.29, 0.717) is 0 Å². The standard InChI is InChI=1S/C9H15ClO2/c1-6-7(10)4-3-5-9(6,2)8(11)12/h6-7H,3-5H2,1-2H3,(H,11,12). The normalized spacial score (nSPS) is 42.6. The van der Waals surface area contributed by atoms with Crippen LogP contribution in [-0.4, -0.2) is 16.5 Å². The van der Waals surface area contributed by atoms with Crippen molar-refractivity contribution < 1.29 is 9.90 Å². The predicted molar refractivity (Wildman–Crippen MR) is 48.4 cm³/mol. The van der Waals surface area contributed by atoms with Crippen LogP contribution in [-0.2, 0) is 4.79 Å². The van der Waals surface area contributed by atoms with Crippen molar-refractivity contribution >= 4 is 17.6 Å². The van der Waals surface area contributed by atoms with Crippen molar-refractivity contribution in [2.75, 3.05) is 0 Å². The maximum atomic E-state index is 11.0. The average Bonchev–Trinajstić information content (AvgIpc) is 2.00. The molecule has 1 saturated carbocycles. The molecule has 0 aromatic carbocycles. The van der Waals surface area contributed by atoms with Crippen LogP contribution >= 0.6 is 11.6 Å². The number of halogens is 1. The first-order valence-corrected chi connectivity index (χ1v) is 4.79. The van der Waals surface area contributed by atoms with E-state index in [-0.39, 0.29) is 11.3 Å². The maximum Gasteiger partial charge on any atom is 0.309 e. The van der Waals surface area contributed by atoms with Gasteiger partial charge in [0.15, 0.2) is 0 Å². The number of carboxylic acids is 1. The molecule has 1 fully saturated rings. The fourth-order valence-electron chi connectivity index (χ4n) is 1.84. The lowest BCUT2D eigenvalue weighted by Crippen LogP contribution is -2.42. The number of hydrogen-bond acceptors (Lipinski definition) is 1. The van der Waals surface area contributed by atoms with E-state index < -0.39 is 11.4 Å². The largest absolute Gasteiger partial charge is 0.481 e. The van der Waals surface area contributed by atoms with E-state index in [1.165, 1.54) is 0 Å². The number of alkyl halides is 1. The van der Waals surface area contributed by atoms with Crippen molar-refractivity contribution in [3.8, 4) is 0 Å². The van der Waals surface area contributed by atoms with Gasteiger partial charge in [-0.15, -0.1) is 11.6 Å². The molecule has 1 aliphatic rings. The Labute approximate surface area is 77.9 Å². The summed E-state index contributed by atoms with van der Waals surface area (Å²) in [7, 11) is 0. The first-order chi connectivity index (χ1) is 5.48. The van der Waals surface area contributed by atoms with Gasteiger partial charge in [-0.2, -0.15) is 0 Å². The average molecular weight is 191 g/mol. The van der Waals surface area contributed by atoms with Crippen LogP contribution in [0.1, 0.15) is 33.1 Å². The van der Waals surface area contributed by atoms with Crippen LogP contribution in [0.2, 0.25) is 0 Å². The Hall–Kier alpha value is -0.240. The van der Waals surface area contributed by atoms with Crippen LogP contribution in [0.25, 0.3) is 0 Å². The minimum absolute atomic E-state index is 0.0276. The molecule has 1 rings (SSSR count). The zero-order chi connectivity index (χ0) is 9.35. The first kappa shape index (κ1) is 9.85. The summed E-state index contributed by atoms with van der Waals surface area (Å²) in [5.41, 5.74) is -0.606. The molecule has 0 spiro atoms. The molecule has 0 bridgehead atoms. The summed E-state index contributed by atoms with van der Waals surface area (Å²) in [6.45, 7) is 3.74. The zero-order valence-electron chi connectivity index (χ0n) is 7.51. The minimum Gasteiger partial charge on any atom is -0.481 e. The lowest BCUT2D eigenvalue weighted by atomic mass is 9.68. The Bertz CT molecular complexity index is 193. The summed E-state index contributed by atoms with van der Waals surface area (Å²) >= 11 is 6.03. The van der Waals surface area contributed by atoms with Crippen molar-refractivity contribution in [1.29, 1.82) is 0 Å². The van der Waals surface area contributed by atoms with Crippen molar-refractivity contribution in [3.05, 3.63) is 0 Å². The number of hydrogen-bond donors (Lipinski definition) is 1. The molecule has 3 atom stereocenters. The summed E-state index contributed by atoms with van der Waals surface area (Å²) in [6, 6.07) is 0. The molecule has 3 unspecified atom stereocenters. The van der Waals surface area contributed by atoms with Gasteiger partial charge >= 0.3 is 5.97 Å². The van der Waals surface area contributed by atoms with Crippen LogP contribution < -0.4 is 0 Å². The first-order valence-electron chi connectivity index (χ1n) is 4.36. The highest BCUT2D eigenvalue weighted by atomic mass is 35.5. The number of rotatable bonds is 1. The van der Waals surface area contributed by atoms with Crippen LogP contribution in [0.5, 0.6) is 0 Å². The van der Waals surface area contributed by atoms with E-state index in [1.807, 2.05) is 6.92 Å². The van der Waals surface area contributed by atoms with E-state index in [2.05, 4.69) is 0 Å². The second-order valence-electron chi connectivity index (χ2n) is 3.92. The van der Waals surface area contributed by atoms with Gasteiger partial charge in [-0.3, -0.25) is 4.79 Å². The highest BCUT2D eigenvalue weighted by Crippen LogP contribution is 2.43. The second-order valence-corrected chi connectivity index (χ2v) is 4.48. The van der Waals surface area contributed by atoms with E-state index in [4.69, 9.17) is 16.7 Å². The van der Waals surface area contributed by atoms with Crippen LogP contribution in [0.15, 0.2) is 0 Å². The molecule has 1 N–H and O–H groups in total. The molecule has 0 radical (unpaired) electrons. The molecule has 0 aromatic rings. The van der Waals surface area contributed by atoms with Gasteiger partial charge in [-0.1, -0.05) is 13.3 Å². The number of aliphatic carboxylic acids is 1. The SMILES string of the molecule is CC1C(Cl)CCCC1(C)C(=O)O. The monoisotopic (exact) mass is 190 g/mol. The fraction of sp³-hybridized carbons (Fsp3) is 0.889. The molecule has 0 aliphatic heterocycles. The molecular formula is C9H15ClO2. The minimum atomic E-state index is -0.708. The van der Waals surface area contributed by atoms with Gasteiger partial charge in [0.1, 0.15) is 0 Å². The van der Waals surface area contributed by atoms with E-state index >= 15 is 0 Å². The van der Waals surface area contributed by atoms with Gasteiger partial charge in [0.25, 0.3) is 0 Å². The van der Waals surface area contributed by atoms with Crippen LogP contribution in [0.3, 0.4) is 0 Å². The molecular weight excluding hydrogens is 176 g/mol. The maximum absolute atomic E-state index is 11.0. The smallest absolute Gasteiger partial charge is 0.309 e. The number of carboxylic acid groups (broad SMARTS) is 1. The van der Waals surface area contributed by atoms with E-state index in [1.54, 1.807) is 6.92 Å². The highest BCUT2D eigenvalue weighted by Gasteiger charge is 2.44. The molecule has 1 aliphatic carbocycles. The lowest BCUT2D eigenvalue weighted by Gasteiger charge is -2.38. The van der Waals surface area contributed by atoms with Crippen molar-refractivity contribution in [1.82, 2.24) is 0 Å². The molecule has 3 heteroatoms. The Morgan fingerprint density at radius 3 is 2.67 bits per heavy atom. The van der Waals surface area contributed by atoms with E-state index in [0.717, 1.165) is 19.3 Å². The summed E-state index contributed by atoms with van der Waals surface area (Å²) in [4.78, 5) is 11.0. The van der Waals surface area contributed by atoms with Gasteiger partial charge in [-0.05, 0) is 25.7 Å². The fourth-order valence-corrected chi connectivity index (χ4v) is 2.28. The molecule has 0 amide bonds. The Morgan fingerprint density at radius 2 is 2.25 bits per heavy atom. The molecule has 12 heavy (non-hydrogen) atoms. The van der Waals surface area contributed by atoms with Crippen LogP contribution in [0.4, 0.5) is 0 Å². The molecule has 0 heterocycles. The van der Waals surface area contributed by atoms with Gasteiger partial charge in [-0.25, -0.2) is 0 Å². The molecule has 2 nitrogen and oxygen atoms in total. The summed E-state index contributed by atoms with van der Waals surface area (Å²) in [5.74, 6) is -0.634. The van der Waals surface area contributed by atoms with Crippen molar-refractivity contribution in [2.45, 2.75) is 38.5 Å². The quantitative estimate of drug-likeness (QED) is 0.646. The molecule has 0 aromatic heterocycles. The summed E-state index contributed by atoms with van der Waals surface area (Å²) in [6.07, 6.45) is 2.64. The second kappa shape index (κ2) is 3.25. The van der Waals surface area contributed by atoms with Gasteiger partial charge in [0, 0.05) is 5.38 Å². The summed E-state index contributed by atoms with van der Waals surface area (Å²) in [5, 5.41) is 9.05. The van der Waals surface area contributed by atoms with Crippen molar-refractivity contribution in [3.63, 3.8) is 0 Å². The Kier molecular flexibility index (Phi) is 2.67. The van der Waals surface area contributed by atoms with Gasteiger partial charge in [0.2, 0.25) is 0 Å². The summed E-state index contributed by atoms with van der Waals surface area (Å²) < 4.78 is 0. The predicted octanol–water partition coefficient (Wildman–Crippen LogP) is 2.50. The Balaban J connectivity index is 2.81. The van der Waals surface area contributed by atoms with Crippen LogP contribution in [0, 0.1) is 11.3 Å². The molecule has 70 valence electrons. The van der Waals surface area contributed by atoms with Gasteiger partial charge in [0.05, 0.1) is 5.41 Å². The van der Waals surface area contributed by atoms with Crippen molar-refractivity contribution in [2.24, 2.45) is 11.3 Å². The zero-order valence-corrected chi connectivity index (χ0v) is 8.27. The lowest BCUT2D eigenvalue weighted by molar-refractivity contribution is -0.152. The Morgan fingerprint density at radius 1 is 1.67 bits per heavy atom. The highest BCUT2D eigenvalue weighted by molar-refractivity contribution is 6.21. The number of carbonyl (C=O) groups is 1. The third kappa shape index (κ3) is 1.45. The third-order valence-electron chi connectivity index (χ3n) is 3.21. The van der Waals surface area contributed by atoms with Gasteiger partial charge < -0.3 is 5.11 Å². The third-order valence-corrected chi connectivity index (χ3v) is 3.81.